The number of carboxylic acid groups (broad SMARTS) is 1. The lowest BCUT2D eigenvalue weighted by Gasteiger charge is -2.26. The number of amides is 3. The maximum absolute atomic E-state index is 13.1. The number of rotatable bonds is 13. The van der Waals surface area contributed by atoms with E-state index < -0.39 is 47.9 Å². The van der Waals surface area contributed by atoms with Crippen LogP contribution in [0.1, 0.15) is 38.3 Å². The third kappa shape index (κ3) is 8.81. The molecule has 5 unspecified atom stereocenters. The van der Waals surface area contributed by atoms with Gasteiger partial charge in [-0.1, -0.05) is 80.9 Å². The first kappa shape index (κ1) is 28.5. The van der Waals surface area contributed by atoms with Crippen molar-refractivity contribution in [2.45, 2.75) is 64.2 Å². The fourth-order valence-electron chi connectivity index (χ4n) is 3.64. The van der Waals surface area contributed by atoms with E-state index in [1.807, 2.05) is 67.6 Å². The highest BCUT2D eigenvalue weighted by Crippen LogP contribution is 2.10. The average molecular weight is 497 g/mol. The van der Waals surface area contributed by atoms with Gasteiger partial charge < -0.3 is 26.8 Å². The smallest absolute Gasteiger partial charge is 0.326 e. The van der Waals surface area contributed by atoms with Crippen molar-refractivity contribution in [3.05, 3.63) is 71.8 Å². The largest absolute Gasteiger partial charge is 0.480 e. The van der Waals surface area contributed by atoms with E-state index in [-0.39, 0.29) is 12.3 Å². The molecular weight excluding hydrogens is 460 g/mol. The number of carbonyl (C=O) groups excluding carboxylic acids is 3. The van der Waals surface area contributed by atoms with Gasteiger partial charge in [0.2, 0.25) is 17.7 Å². The summed E-state index contributed by atoms with van der Waals surface area (Å²) in [6, 6.07) is 14.4. The Morgan fingerprint density at radius 3 is 1.81 bits per heavy atom. The van der Waals surface area contributed by atoms with Crippen molar-refractivity contribution < 1.29 is 24.3 Å². The minimum atomic E-state index is -1.14. The molecule has 2 rings (SSSR count). The maximum atomic E-state index is 13.1. The molecule has 36 heavy (non-hydrogen) atoms. The number of carboxylic acids is 1. The lowest BCUT2D eigenvalue weighted by Crippen LogP contribution is -2.57. The predicted octanol–water partition coefficient (Wildman–Crippen LogP) is 1.40. The van der Waals surface area contributed by atoms with Gasteiger partial charge in [0.05, 0.1) is 6.04 Å². The van der Waals surface area contributed by atoms with Crippen LogP contribution < -0.4 is 21.7 Å². The molecule has 0 fully saturated rings. The van der Waals surface area contributed by atoms with E-state index in [9.17, 15) is 24.3 Å². The molecule has 0 saturated heterocycles. The van der Waals surface area contributed by atoms with Crippen LogP contribution in [0.25, 0.3) is 0 Å². The molecule has 3 amide bonds. The Balaban J connectivity index is 2.08. The number of aliphatic carboxylic acids is 1. The van der Waals surface area contributed by atoms with Gasteiger partial charge >= 0.3 is 5.97 Å². The van der Waals surface area contributed by atoms with Gasteiger partial charge in [0, 0.05) is 6.42 Å². The van der Waals surface area contributed by atoms with Crippen LogP contribution in [0.3, 0.4) is 0 Å². The molecule has 0 aliphatic heterocycles. The zero-order valence-electron chi connectivity index (χ0n) is 20.9. The molecule has 6 N–H and O–H groups in total. The van der Waals surface area contributed by atoms with Crippen molar-refractivity contribution in [1.29, 1.82) is 0 Å². The zero-order chi connectivity index (χ0) is 26.7. The molecule has 0 aliphatic carbocycles. The van der Waals surface area contributed by atoms with Crippen molar-refractivity contribution in [1.82, 2.24) is 16.0 Å². The van der Waals surface area contributed by atoms with E-state index in [0.29, 0.717) is 12.8 Å². The average Bonchev–Trinajstić information content (AvgIpc) is 2.87. The monoisotopic (exact) mass is 496 g/mol. The van der Waals surface area contributed by atoms with E-state index >= 15 is 0 Å². The summed E-state index contributed by atoms with van der Waals surface area (Å²) in [6.45, 7) is 5.07. The molecule has 0 radical (unpaired) electrons. The Morgan fingerprint density at radius 2 is 1.31 bits per heavy atom. The summed E-state index contributed by atoms with van der Waals surface area (Å²) >= 11 is 0. The van der Waals surface area contributed by atoms with E-state index in [1.54, 1.807) is 6.92 Å². The molecule has 0 bridgehead atoms. The summed E-state index contributed by atoms with van der Waals surface area (Å²) in [6.07, 6.45) is 1.02. The Morgan fingerprint density at radius 1 is 0.778 bits per heavy atom. The Hall–Kier alpha value is -3.72. The number of carbonyl (C=O) groups is 4. The second-order valence-corrected chi connectivity index (χ2v) is 8.99. The van der Waals surface area contributed by atoms with Crippen LogP contribution in [0.2, 0.25) is 0 Å². The van der Waals surface area contributed by atoms with Crippen LogP contribution in [0.15, 0.2) is 60.7 Å². The van der Waals surface area contributed by atoms with Crippen LogP contribution in [0.4, 0.5) is 0 Å². The molecule has 0 aliphatic rings. The van der Waals surface area contributed by atoms with Gasteiger partial charge in [0.25, 0.3) is 0 Å². The summed E-state index contributed by atoms with van der Waals surface area (Å²) in [5.41, 5.74) is 7.69. The van der Waals surface area contributed by atoms with Crippen molar-refractivity contribution >= 4 is 23.7 Å². The van der Waals surface area contributed by atoms with Crippen molar-refractivity contribution in [3.8, 4) is 0 Å². The summed E-state index contributed by atoms with van der Waals surface area (Å²) in [4.78, 5) is 50.2. The standard InChI is InChI=1S/C27H36N4O5/c1-4-17(2)23(27(35)36)31-26(34)22(16-20-13-9-6-10-14-20)30-24(32)18(3)29-25(33)21(28)15-19-11-7-5-8-12-19/h5-14,17-18,21-23H,4,15-16,28H2,1-3H3,(H,29,33)(H,30,32)(H,31,34)(H,35,36). The first-order valence-corrected chi connectivity index (χ1v) is 12.1. The normalized spacial score (nSPS) is 15.0. The third-order valence-corrected chi connectivity index (χ3v) is 6.08. The van der Waals surface area contributed by atoms with Crippen LogP contribution in [-0.2, 0) is 32.0 Å². The van der Waals surface area contributed by atoms with E-state index in [0.717, 1.165) is 11.1 Å². The minimum Gasteiger partial charge on any atom is -0.480 e. The number of benzene rings is 2. The van der Waals surface area contributed by atoms with E-state index in [4.69, 9.17) is 5.73 Å². The van der Waals surface area contributed by atoms with Gasteiger partial charge in [-0.2, -0.15) is 0 Å². The third-order valence-electron chi connectivity index (χ3n) is 6.08. The number of hydrogen-bond donors (Lipinski definition) is 5. The highest BCUT2D eigenvalue weighted by atomic mass is 16.4. The Kier molecular flexibility index (Phi) is 11.1. The van der Waals surface area contributed by atoms with Gasteiger partial charge in [-0.05, 0) is 30.4 Å². The van der Waals surface area contributed by atoms with Crippen LogP contribution in [0.5, 0.6) is 0 Å². The number of hydrogen-bond acceptors (Lipinski definition) is 5. The molecular formula is C27H36N4O5. The summed E-state index contributed by atoms with van der Waals surface area (Å²) in [7, 11) is 0. The fraction of sp³-hybridized carbons (Fsp3) is 0.407. The van der Waals surface area contributed by atoms with Crippen molar-refractivity contribution in [2.24, 2.45) is 11.7 Å². The SMILES string of the molecule is CCC(C)C(NC(=O)C(Cc1ccccc1)NC(=O)C(C)NC(=O)C(N)Cc1ccccc1)C(=O)O. The molecule has 0 heterocycles. The van der Waals surface area contributed by atoms with Gasteiger partial charge in [-0.25, -0.2) is 4.79 Å². The summed E-state index contributed by atoms with van der Waals surface area (Å²) in [5.74, 6) is -3.13. The minimum absolute atomic E-state index is 0.152. The predicted molar refractivity (Wildman–Crippen MR) is 137 cm³/mol. The van der Waals surface area contributed by atoms with E-state index in [2.05, 4.69) is 16.0 Å². The zero-order valence-corrected chi connectivity index (χ0v) is 20.9. The lowest BCUT2D eigenvalue weighted by atomic mass is 9.98. The van der Waals surface area contributed by atoms with Crippen molar-refractivity contribution in [3.63, 3.8) is 0 Å². The van der Waals surface area contributed by atoms with Gasteiger partial charge in [-0.3, -0.25) is 14.4 Å². The molecule has 0 spiro atoms. The lowest BCUT2D eigenvalue weighted by molar-refractivity contribution is -0.143. The van der Waals surface area contributed by atoms with Crippen molar-refractivity contribution in [2.75, 3.05) is 0 Å². The number of nitrogens with one attached hydrogen (secondary N) is 3. The first-order chi connectivity index (χ1) is 17.1. The Bertz CT molecular complexity index is 1020. The fourth-order valence-corrected chi connectivity index (χ4v) is 3.64. The van der Waals surface area contributed by atoms with Crippen LogP contribution in [0, 0.1) is 5.92 Å². The Labute approximate surface area is 211 Å². The molecule has 9 nitrogen and oxygen atoms in total. The van der Waals surface area contributed by atoms with E-state index in [1.165, 1.54) is 6.92 Å². The molecule has 5 atom stereocenters. The second-order valence-electron chi connectivity index (χ2n) is 8.99. The molecule has 0 saturated carbocycles. The highest BCUT2D eigenvalue weighted by Gasteiger charge is 2.31. The first-order valence-electron chi connectivity index (χ1n) is 12.1. The number of nitrogens with two attached hydrogens (primary N) is 1. The van der Waals surface area contributed by atoms with Gasteiger partial charge in [0.1, 0.15) is 18.1 Å². The summed E-state index contributed by atoms with van der Waals surface area (Å²) < 4.78 is 0. The van der Waals surface area contributed by atoms with Crippen LogP contribution >= 0.6 is 0 Å². The maximum Gasteiger partial charge on any atom is 0.326 e. The quantitative estimate of drug-likeness (QED) is 0.283. The van der Waals surface area contributed by atoms with Crippen LogP contribution in [-0.4, -0.2) is 53.0 Å². The van der Waals surface area contributed by atoms with Gasteiger partial charge in [-0.15, -0.1) is 0 Å². The molecule has 2 aromatic carbocycles. The molecule has 0 aromatic heterocycles. The molecule has 194 valence electrons. The topological polar surface area (TPSA) is 151 Å². The highest BCUT2D eigenvalue weighted by molar-refractivity contribution is 5.94. The summed E-state index contributed by atoms with van der Waals surface area (Å²) in [5, 5.41) is 17.4. The van der Waals surface area contributed by atoms with Gasteiger partial charge in [0.15, 0.2) is 0 Å². The molecule has 2 aromatic rings. The second kappa shape index (κ2) is 14.0. The molecule has 9 heteroatoms.